The molecular formula is C34H36FN3O6S. The minimum atomic E-state index is -3.94. The average Bonchev–Trinajstić information content (AvgIpc) is 3.05. The first-order chi connectivity index (χ1) is 21.7. The molecule has 4 aromatic carbocycles. The van der Waals surface area contributed by atoms with E-state index in [0.717, 1.165) is 23.3 Å². The number of hydrogen-bond donors (Lipinski definition) is 2. The molecule has 45 heavy (non-hydrogen) atoms. The molecule has 0 aliphatic rings. The molecule has 0 radical (unpaired) electrons. The molecule has 0 spiro atoms. The van der Waals surface area contributed by atoms with Crippen LogP contribution >= 0.6 is 0 Å². The van der Waals surface area contributed by atoms with E-state index in [1.807, 2.05) is 60.7 Å². The van der Waals surface area contributed by atoms with Crippen LogP contribution in [0.15, 0.2) is 114 Å². The van der Waals surface area contributed by atoms with Gasteiger partial charge in [-0.3, -0.25) is 14.3 Å². The van der Waals surface area contributed by atoms with Crippen molar-refractivity contribution in [3.63, 3.8) is 0 Å². The van der Waals surface area contributed by atoms with Crippen LogP contribution in [0.5, 0.6) is 5.75 Å². The summed E-state index contributed by atoms with van der Waals surface area (Å²) in [5.74, 6) is -0.915. The number of carbonyl (C=O) groups is 2. The number of benzene rings is 4. The molecule has 9 nitrogen and oxygen atoms in total. The van der Waals surface area contributed by atoms with Gasteiger partial charge in [-0.05, 0) is 66.1 Å². The minimum Gasteiger partial charge on any atom is -0.484 e. The summed E-state index contributed by atoms with van der Waals surface area (Å²) in [4.78, 5) is 28.8. The highest BCUT2D eigenvalue weighted by Gasteiger charge is 2.30. The van der Waals surface area contributed by atoms with Crippen molar-refractivity contribution >= 4 is 27.5 Å². The first-order valence-corrected chi connectivity index (χ1v) is 15.9. The largest absolute Gasteiger partial charge is 0.484 e. The Morgan fingerprint density at radius 1 is 0.844 bits per heavy atom. The number of nitrogens with one attached hydrogen (secondary N) is 2. The first kappa shape index (κ1) is 33.2. The number of hydrogen-bond acceptors (Lipinski definition) is 6. The Kier molecular flexibility index (Phi) is 12.1. The van der Waals surface area contributed by atoms with E-state index in [0.29, 0.717) is 26.0 Å². The second-order valence-corrected chi connectivity index (χ2v) is 11.9. The Hall–Kier alpha value is -4.74. The molecule has 0 aliphatic carbocycles. The molecular weight excluding hydrogens is 597 g/mol. The lowest BCUT2D eigenvalue weighted by Crippen LogP contribution is -2.51. The van der Waals surface area contributed by atoms with E-state index >= 15 is 0 Å². The zero-order chi connectivity index (χ0) is 32.1. The molecule has 0 saturated heterocycles. The Morgan fingerprint density at radius 2 is 1.47 bits per heavy atom. The normalized spacial score (nSPS) is 11.8. The lowest BCUT2D eigenvalue weighted by atomic mass is 10.0. The number of nitrogens with zero attached hydrogens (tertiary/aromatic N) is 1. The summed E-state index contributed by atoms with van der Waals surface area (Å²) < 4.78 is 52.0. The van der Waals surface area contributed by atoms with E-state index in [4.69, 9.17) is 9.47 Å². The predicted molar refractivity (Wildman–Crippen MR) is 170 cm³/mol. The van der Waals surface area contributed by atoms with Gasteiger partial charge in [0.05, 0.1) is 4.90 Å². The lowest BCUT2D eigenvalue weighted by molar-refractivity contribution is -0.142. The number of ether oxygens (including phenoxy) is 2. The van der Waals surface area contributed by atoms with Crippen LogP contribution in [-0.2, 0) is 37.3 Å². The molecule has 236 valence electrons. The van der Waals surface area contributed by atoms with Crippen molar-refractivity contribution in [2.75, 3.05) is 31.6 Å². The molecule has 2 amide bonds. The summed E-state index contributed by atoms with van der Waals surface area (Å²) in [5, 5.41) is 2.94. The maximum absolute atomic E-state index is 13.8. The topological polar surface area (TPSA) is 114 Å². The van der Waals surface area contributed by atoms with Gasteiger partial charge in [0.25, 0.3) is 15.9 Å². The zero-order valence-corrected chi connectivity index (χ0v) is 25.7. The van der Waals surface area contributed by atoms with E-state index in [1.54, 1.807) is 7.11 Å². The van der Waals surface area contributed by atoms with Gasteiger partial charge in [-0.2, -0.15) is 0 Å². The Morgan fingerprint density at radius 3 is 2.09 bits per heavy atom. The van der Waals surface area contributed by atoms with Gasteiger partial charge in [-0.15, -0.1) is 0 Å². The highest BCUT2D eigenvalue weighted by molar-refractivity contribution is 7.92. The molecule has 2 N–H and O–H groups in total. The van der Waals surface area contributed by atoms with Crippen LogP contribution in [0.1, 0.15) is 17.5 Å². The number of carbonyl (C=O) groups excluding carboxylic acids is 2. The standard InChI is InChI=1S/C34H36FN3O6S/c1-43-22-8-21-36-34(40)32(23-26-9-4-2-5-10-26)38(24-27-11-6-3-7-12-27)33(39)25-44-30-17-19-31(20-18-30)45(41,42)37-29-15-13-28(35)14-16-29/h2-7,9-20,32,37H,8,21-25H2,1H3,(H,36,40)/t32-/m1/s1. The van der Waals surface area contributed by atoms with Crippen molar-refractivity contribution in [2.24, 2.45) is 0 Å². The fourth-order valence-corrected chi connectivity index (χ4v) is 5.61. The smallest absolute Gasteiger partial charge is 0.261 e. The summed E-state index contributed by atoms with van der Waals surface area (Å²) in [7, 11) is -2.34. The summed E-state index contributed by atoms with van der Waals surface area (Å²) in [6.45, 7) is 0.687. The third-order valence-electron chi connectivity index (χ3n) is 6.88. The SMILES string of the molecule is COCCCNC(=O)[C@@H](Cc1ccccc1)N(Cc1ccccc1)C(=O)COc1ccc(S(=O)(=O)Nc2ccc(F)cc2)cc1. The second kappa shape index (κ2) is 16.4. The predicted octanol–water partition coefficient (Wildman–Crippen LogP) is 4.80. The summed E-state index contributed by atoms with van der Waals surface area (Å²) >= 11 is 0. The van der Waals surface area contributed by atoms with Gasteiger partial charge in [0.1, 0.15) is 17.6 Å². The van der Waals surface area contributed by atoms with E-state index < -0.39 is 27.8 Å². The van der Waals surface area contributed by atoms with E-state index in [1.165, 1.54) is 41.3 Å². The van der Waals surface area contributed by atoms with Crippen LogP contribution in [0.25, 0.3) is 0 Å². The van der Waals surface area contributed by atoms with E-state index in [-0.39, 0.29) is 35.4 Å². The van der Waals surface area contributed by atoms with Gasteiger partial charge in [0, 0.05) is 38.9 Å². The van der Waals surface area contributed by atoms with Crippen LogP contribution in [0.3, 0.4) is 0 Å². The number of anilines is 1. The van der Waals surface area contributed by atoms with Crippen molar-refractivity contribution in [2.45, 2.75) is 30.3 Å². The van der Waals surface area contributed by atoms with Gasteiger partial charge in [0.2, 0.25) is 5.91 Å². The van der Waals surface area contributed by atoms with E-state index in [2.05, 4.69) is 10.0 Å². The molecule has 1 atom stereocenters. The minimum absolute atomic E-state index is 0.0377. The van der Waals surface area contributed by atoms with Crippen LogP contribution in [0, 0.1) is 5.82 Å². The molecule has 0 aliphatic heterocycles. The van der Waals surface area contributed by atoms with Gasteiger partial charge in [-0.1, -0.05) is 60.7 Å². The molecule has 4 aromatic rings. The summed E-state index contributed by atoms with van der Waals surface area (Å²) in [6, 6.07) is 28.6. The molecule has 4 rings (SSSR count). The summed E-state index contributed by atoms with van der Waals surface area (Å²) in [5.41, 5.74) is 1.96. The quantitative estimate of drug-likeness (QED) is 0.172. The van der Waals surface area contributed by atoms with Crippen molar-refractivity contribution < 1.29 is 31.9 Å². The number of methoxy groups -OCH3 is 1. The lowest BCUT2D eigenvalue weighted by Gasteiger charge is -2.31. The fourth-order valence-electron chi connectivity index (χ4n) is 4.55. The van der Waals surface area contributed by atoms with Crippen LogP contribution in [0.4, 0.5) is 10.1 Å². The molecule has 0 fully saturated rings. The number of amides is 2. The van der Waals surface area contributed by atoms with Gasteiger partial charge >= 0.3 is 0 Å². The number of rotatable bonds is 16. The van der Waals surface area contributed by atoms with Crippen LogP contribution < -0.4 is 14.8 Å². The van der Waals surface area contributed by atoms with Gasteiger partial charge < -0.3 is 19.7 Å². The van der Waals surface area contributed by atoms with Gasteiger partial charge in [-0.25, -0.2) is 12.8 Å². The maximum Gasteiger partial charge on any atom is 0.261 e. The molecule has 0 saturated carbocycles. The monoisotopic (exact) mass is 633 g/mol. The maximum atomic E-state index is 13.8. The molecule has 0 aromatic heterocycles. The average molecular weight is 634 g/mol. The third-order valence-corrected chi connectivity index (χ3v) is 8.28. The van der Waals surface area contributed by atoms with E-state index in [9.17, 15) is 22.4 Å². The number of sulfonamides is 1. The molecule has 0 unspecified atom stereocenters. The van der Waals surface area contributed by atoms with Crippen molar-refractivity contribution in [3.8, 4) is 5.75 Å². The van der Waals surface area contributed by atoms with Crippen LogP contribution in [-0.4, -0.2) is 58.0 Å². The van der Waals surface area contributed by atoms with Crippen molar-refractivity contribution in [1.82, 2.24) is 10.2 Å². The Bertz CT molecular complexity index is 1620. The Balaban J connectivity index is 1.50. The Labute approximate surface area is 263 Å². The van der Waals surface area contributed by atoms with Crippen molar-refractivity contribution in [3.05, 3.63) is 126 Å². The van der Waals surface area contributed by atoms with Crippen LogP contribution in [0.2, 0.25) is 0 Å². The number of halogens is 1. The summed E-state index contributed by atoms with van der Waals surface area (Å²) in [6.07, 6.45) is 0.921. The molecule has 0 bridgehead atoms. The highest BCUT2D eigenvalue weighted by atomic mass is 32.2. The second-order valence-electron chi connectivity index (χ2n) is 10.2. The molecule has 0 heterocycles. The zero-order valence-electron chi connectivity index (χ0n) is 24.9. The third kappa shape index (κ3) is 10.2. The van der Waals surface area contributed by atoms with Crippen molar-refractivity contribution in [1.29, 1.82) is 0 Å². The van der Waals surface area contributed by atoms with Gasteiger partial charge in [0.15, 0.2) is 6.61 Å². The fraction of sp³-hybridized carbons (Fsp3) is 0.235. The first-order valence-electron chi connectivity index (χ1n) is 14.4. The molecule has 11 heteroatoms. The highest BCUT2D eigenvalue weighted by Crippen LogP contribution is 2.21.